The molecule has 0 aliphatic rings. The van der Waals surface area contributed by atoms with Crippen LogP contribution in [0.2, 0.25) is 5.02 Å². The van der Waals surface area contributed by atoms with E-state index in [-0.39, 0.29) is 11.1 Å². The Morgan fingerprint density at radius 2 is 1.95 bits per heavy atom. The minimum atomic E-state index is -4.72. The Balaban J connectivity index is 3.36. The van der Waals surface area contributed by atoms with E-state index < -0.39 is 34.1 Å². The zero-order chi connectivity index (χ0) is 14.8. The molecule has 0 spiro atoms. The van der Waals surface area contributed by atoms with Crippen LogP contribution >= 0.6 is 27.5 Å². The Hall–Kier alpha value is -1.08. The molecule has 0 fully saturated rings. The maximum absolute atomic E-state index is 12.6. The topological polar surface area (TPSA) is 43.4 Å². The molecule has 1 aromatic carbocycles. The van der Waals surface area contributed by atoms with Gasteiger partial charge in [0.25, 0.3) is 5.78 Å². The molecule has 0 heterocycles. The molecule has 1 rings (SSSR count). The number of halogens is 5. The Morgan fingerprint density at radius 3 is 2.42 bits per heavy atom. The molecule has 3 nitrogen and oxygen atoms in total. The monoisotopic (exact) mass is 358 g/mol. The highest BCUT2D eigenvalue weighted by Crippen LogP contribution is 2.39. The molecule has 0 saturated carbocycles. The molecule has 8 heteroatoms. The third kappa shape index (κ3) is 3.48. The molecule has 0 aliphatic heterocycles. The van der Waals surface area contributed by atoms with Crippen LogP contribution in [0.3, 0.4) is 0 Å². The van der Waals surface area contributed by atoms with Crippen LogP contribution in [0.25, 0.3) is 0 Å². The number of ketones is 1. The highest BCUT2D eigenvalue weighted by molar-refractivity contribution is 9.10. The minimum Gasteiger partial charge on any atom is -0.460 e. The van der Waals surface area contributed by atoms with Crippen LogP contribution in [-0.2, 0) is 15.7 Å². The molecule has 0 aliphatic carbocycles. The Morgan fingerprint density at radius 1 is 1.37 bits per heavy atom. The Bertz CT molecular complexity index is 529. The van der Waals surface area contributed by atoms with E-state index in [1.54, 1.807) is 0 Å². The van der Waals surface area contributed by atoms with Gasteiger partial charge in [0.1, 0.15) is 0 Å². The molecule has 0 radical (unpaired) electrons. The fourth-order valence-electron chi connectivity index (χ4n) is 1.28. The lowest BCUT2D eigenvalue weighted by Crippen LogP contribution is -2.20. The molecule has 0 bridgehead atoms. The van der Waals surface area contributed by atoms with Crippen molar-refractivity contribution in [1.29, 1.82) is 0 Å². The summed E-state index contributed by atoms with van der Waals surface area (Å²) in [6.07, 6.45) is -4.72. The number of benzene rings is 1. The van der Waals surface area contributed by atoms with Crippen molar-refractivity contribution in [2.24, 2.45) is 0 Å². The highest BCUT2D eigenvalue weighted by atomic mass is 79.9. The summed E-state index contributed by atoms with van der Waals surface area (Å²) >= 11 is 8.45. The average molecular weight is 360 g/mol. The zero-order valence-electron chi connectivity index (χ0n) is 9.48. The van der Waals surface area contributed by atoms with Crippen LogP contribution < -0.4 is 0 Å². The quantitative estimate of drug-likeness (QED) is 0.467. The van der Waals surface area contributed by atoms with Crippen molar-refractivity contribution in [1.82, 2.24) is 0 Å². The highest BCUT2D eigenvalue weighted by Gasteiger charge is 2.36. The maximum atomic E-state index is 12.6. The van der Waals surface area contributed by atoms with Gasteiger partial charge in [0.15, 0.2) is 0 Å². The van der Waals surface area contributed by atoms with Gasteiger partial charge in [-0.15, -0.1) is 0 Å². The van der Waals surface area contributed by atoms with Crippen molar-refractivity contribution in [3.63, 3.8) is 0 Å². The number of rotatable bonds is 3. The Kier molecular flexibility index (Phi) is 4.98. The second-order valence-electron chi connectivity index (χ2n) is 3.33. The van der Waals surface area contributed by atoms with Gasteiger partial charge in [0, 0.05) is 4.47 Å². The van der Waals surface area contributed by atoms with Crippen LogP contribution in [0, 0.1) is 0 Å². The predicted molar refractivity (Wildman–Crippen MR) is 65.1 cm³/mol. The molecule has 0 aromatic heterocycles. The second-order valence-corrected chi connectivity index (χ2v) is 4.56. The van der Waals surface area contributed by atoms with E-state index in [4.69, 9.17) is 11.6 Å². The van der Waals surface area contributed by atoms with E-state index in [0.29, 0.717) is 6.07 Å². The van der Waals surface area contributed by atoms with Gasteiger partial charge in [-0.3, -0.25) is 4.79 Å². The molecular weight excluding hydrogens is 352 g/mol. The van der Waals surface area contributed by atoms with Gasteiger partial charge in [0.2, 0.25) is 0 Å². The number of alkyl halides is 3. The van der Waals surface area contributed by atoms with E-state index in [9.17, 15) is 22.8 Å². The normalized spacial score (nSPS) is 11.3. The van der Waals surface area contributed by atoms with E-state index in [1.165, 1.54) is 6.92 Å². The van der Waals surface area contributed by atoms with E-state index in [2.05, 4.69) is 20.7 Å². The second kappa shape index (κ2) is 5.92. The van der Waals surface area contributed by atoms with Crippen molar-refractivity contribution < 1.29 is 27.5 Å². The molecule has 0 N–H and O–H groups in total. The van der Waals surface area contributed by atoms with Crippen molar-refractivity contribution >= 4 is 39.3 Å². The van der Waals surface area contributed by atoms with Crippen LogP contribution in [0.15, 0.2) is 16.6 Å². The fraction of sp³-hybridized carbons (Fsp3) is 0.273. The molecule has 1 aromatic rings. The van der Waals surface area contributed by atoms with Crippen molar-refractivity contribution in [2.75, 3.05) is 6.61 Å². The maximum Gasteiger partial charge on any atom is 0.417 e. The standard InChI is InChI=1S/C11H7BrClF3O3/c1-2-19-10(18)9(17)7-6(12)4-3-5(8(7)13)11(14,15)16/h3-4H,2H2,1H3. The summed E-state index contributed by atoms with van der Waals surface area (Å²) in [5, 5.41) is -0.833. The van der Waals surface area contributed by atoms with Crippen molar-refractivity contribution in [2.45, 2.75) is 13.1 Å². The number of hydrogen-bond donors (Lipinski definition) is 0. The lowest BCUT2D eigenvalue weighted by Gasteiger charge is -2.12. The summed E-state index contributed by atoms with van der Waals surface area (Å²) in [5.41, 5.74) is -1.75. The average Bonchev–Trinajstić information content (AvgIpc) is 2.27. The largest absolute Gasteiger partial charge is 0.460 e. The first-order valence-corrected chi connectivity index (χ1v) is 6.13. The van der Waals surface area contributed by atoms with E-state index >= 15 is 0 Å². The number of ether oxygens (including phenoxy) is 1. The molecule has 19 heavy (non-hydrogen) atoms. The van der Waals surface area contributed by atoms with Crippen molar-refractivity contribution in [3.05, 3.63) is 32.8 Å². The number of hydrogen-bond acceptors (Lipinski definition) is 3. The third-order valence-corrected chi connectivity index (χ3v) is 3.14. The molecular formula is C11H7BrClF3O3. The van der Waals surface area contributed by atoms with Crippen LogP contribution in [0.5, 0.6) is 0 Å². The van der Waals surface area contributed by atoms with Crippen LogP contribution in [-0.4, -0.2) is 18.4 Å². The summed E-state index contributed by atoms with van der Waals surface area (Å²) in [6.45, 7) is 1.40. The lowest BCUT2D eigenvalue weighted by atomic mass is 10.1. The lowest BCUT2D eigenvalue weighted by molar-refractivity contribution is -0.138. The molecule has 0 amide bonds. The van der Waals surface area contributed by atoms with Gasteiger partial charge in [-0.1, -0.05) is 11.6 Å². The molecule has 0 unspecified atom stereocenters. The Labute approximate surface area is 119 Å². The first-order valence-electron chi connectivity index (χ1n) is 4.96. The number of carbonyl (C=O) groups excluding carboxylic acids is 2. The predicted octanol–water partition coefficient (Wildman–Crippen LogP) is 3.87. The van der Waals surface area contributed by atoms with E-state index in [1.807, 2.05) is 0 Å². The minimum absolute atomic E-state index is 0.0106. The first kappa shape index (κ1) is 16.0. The zero-order valence-corrected chi connectivity index (χ0v) is 11.8. The van der Waals surface area contributed by atoms with Crippen LogP contribution in [0.4, 0.5) is 13.2 Å². The van der Waals surface area contributed by atoms with E-state index in [0.717, 1.165) is 6.07 Å². The number of Topliss-reactive ketones (excluding diaryl/α,β-unsaturated/α-hetero) is 1. The summed E-state index contributed by atoms with van der Waals surface area (Å²) in [4.78, 5) is 23.0. The van der Waals surface area contributed by atoms with Crippen molar-refractivity contribution in [3.8, 4) is 0 Å². The van der Waals surface area contributed by atoms with Gasteiger partial charge in [0.05, 0.1) is 22.8 Å². The van der Waals surface area contributed by atoms with Gasteiger partial charge >= 0.3 is 12.1 Å². The third-order valence-electron chi connectivity index (χ3n) is 2.08. The fourth-order valence-corrected chi connectivity index (χ4v) is 2.26. The molecule has 0 atom stereocenters. The van der Waals surface area contributed by atoms with Gasteiger partial charge < -0.3 is 4.74 Å². The van der Waals surface area contributed by atoms with Gasteiger partial charge in [-0.25, -0.2) is 4.79 Å². The summed E-state index contributed by atoms with van der Waals surface area (Å²) in [5.74, 6) is -2.49. The van der Waals surface area contributed by atoms with Crippen LogP contribution in [0.1, 0.15) is 22.8 Å². The van der Waals surface area contributed by atoms with Gasteiger partial charge in [-0.2, -0.15) is 13.2 Å². The smallest absolute Gasteiger partial charge is 0.417 e. The summed E-state index contributed by atoms with van der Waals surface area (Å²) < 4.78 is 42.4. The molecule has 0 saturated heterocycles. The molecule has 104 valence electrons. The summed E-state index contributed by atoms with van der Waals surface area (Å²) in [6, 6.07) is 1.72. The van der Waals surface area contributed by atoms with Gasteiger partial charge in [-0.05, 0) is 35.0 Å². The summed E-state index contributed by atoms with van der Waals surface area (Å²) in [7, 11) is 0. The number of carbonyl (C=O) groups is 2. The first-order chi connectivity index (χ1) is 8.70. The SMILES string of the molecule is CCOC(=O)C(=O)c1c(Br)ccc(C(F)(F)F)c1Cl. The number of esters is 1.